The first kappa shape index (κ1) is 44.9. The third kappa shape index (κ3) is 9.60. The van der Waals surface area contributed by atoms with E-state index in [0.717, 1.165) is 51.0 Å². The molecule has 2 aliphatic rings. The van der Waals surface area contributed by atoms with Gasteiger partial charge in [0.05, 0.1) is 31.8 Å². The number of amides is 3. The molecule has 2 saturated heterocycles. The molecule has 6 heterocycles. The van der Waals surface area contributed by atoms with Gasteiger partial charge in [0.15, 0.2) is 22.9 Å². The van der Waals surface area contributed by atoms with Gasteiger partial charge in [0.1, 0.15) is 30.2 Å². The average molecular weight is 941 g/mol. The lowest BCUT2D eigenvalue weighted by Crippen LogP contribution is -2.44. The van der Waals surface area contributed by atoms with Crippen LogP contribution in [0.5, 0.6) is 11.5 Å². The van der Waals surface area contributed by atoms with E-state index in [9.17, 15) is 14.4 Å². The van der Waals surface area contributed by atoms with Gasteiger partial charge >= 0.3 is 6.09 Å². The van der Waals surface area contributed by atoms with E-state index in [1.54, 1.807) is 23.3 Å². The van der Waals surface area contributed by atoms with Gasteiger partial charge in [0.25, 0.3) is 0 Å². The smallest absolute Gasteiger partial charge is 0.410 e. The molecule has 0 saturated carbocycles. The maximum absolute atomic E-state index is 13.0. The van der Waals surface area contributed by atoms with Crippen LogP contribution in [0.4, 0.5) is 16.7 Å². The number of hydrogen-bond acceptors (Lipinski definition) is 15. The van der Waals surface area contributed by atoms with Crippen molar-refractivity contribution in [2.45, 2.75) is 18.7 Å². The summed E-state index contributed by atoms with van der Waals surface area (Å²) >= 11 is 0. The number of carbonyl (C=O) groups is 3. The maximum atomic E-state index is 13.0. The first-order valence-electron chi connectivity index (χ1n) is 22.7. The van der Waals surface area contributed by atoms with Crippen molar-refractivity contribution in [2.24, 2.45) is 0 Å². The molecule has 354 valence electrons. The molecule has 20 heteroatoms. The lowest BCUT2D eigenvalue weighted by molar-refractivity contribution is -0.122. The van der Waals surface area contributed by atoms with Crippen LogP contribution < -0.4 is 36.1 Å². The van der Waals surface area contributed by atoms with Gasteiger partial charge in [-0.3, -0.25) is 9.59 Å². The minimum absolute atomic E-state index is 0.0707. The van der Waals surface area contributed by atoms with Crippen LogP contribution in [-0.2, 0) is 20.9 Å². The fourth-order valence-electron chi connectivity index (χ4n) is 8.11. The molecule has 9 aromatic rings. The Hall–Kier alpha value is -8.91. The molecule has 0 spiro atoms. The molecule has 5 N–H and O–H groups in total. The number of rotatable bonds is 10. The van der Waals surface area contributed by atoms with E-state index in [1.165, 1.54) is 4.90 Å². The van der Waals surface area contributed by atoms with Crippen LogP contribution in [0.15, 0.2) is 127 Å². The molecule has 70 heavy (non-hydrogen) atoms. The normalized spacial score (nSPS) is 16.1. The van der Waals surface area contributed by atoms with Gasteiger partial charge in [-0.05, 0) is 78.4 Å². The van der Waals surface area contributed by atoms with E-state index in [0.29, 0.717) is 66.5 Å². The quantitative estimate of drug-likeness (QED) is 0.122. The number of nitrogens with zero attached hydrogens (tertiary/aromatic N) is 9. The molecule has 2 atom stereocenters. The third-order valence-electron chi connectivity index (χ3n) is 11.8. The van der Waals surface area contributed by atoms with Gasteiger partial charge in [-0.1, -0.05) is 54.6 Å². The zero-order chi connectivity index (χ0) is 48.0. The highest BCUT2D eigenvalue weighted by molar-refractivity contribution is 5.95. The Labute approximate surface area is 400 Å². The van der Waals surface area contributed by atoms with Crippen LogP contribution >= 0.6 is 0 Å². The van der Waals surface area contributed by atoms with Crippen molar-refractivity contribution in [1.82, 2.24) is 60.0 Å². The SMILES string of the molecule is COc1ccc(-c2nc3c4ccccc4nc(NC4CN(C(=O)OCc5ccccc5)CCNC4=O)n3n2)cc1.COc1ccc(-c2nc3c4ccccc4nc(NC4CNCCNC4=O)n3n2)cc1. The standard InChI is InChI=1S/C29H27N7O4.C21H21N7O2/c1-39-21-13-11-20(12-14-21)25-33-26-22-9-5-6-10-23(22)31-28(36(26)34-25)32-24-17-35(16-15-30-27(24)37)29(38)40-18-19-7-3-2-4-8-19;1-30-14-8-6-13(7-9-14)18-26-19-15-4-2-3-5-16(15)24-21(28(19)27-18)25-17-12-22-10-11-23-20(17)29/h2-14,24H,15-18H2,1H3,(H,30,37)(H,31,32);2-9,17,22H,10-12H2,1H3,(H,23,29)(H,24,25). The molecule has 0 radical (unpaired) electrons. The van der Waals surface area contributed by atoms with Gasteiger partial charge in [-0.2, -0.15) is 9.03 Å². The Balaban J connectivity index is 0.000000169. The van der Waals surface area contributed by atoms with Crippen molar-refractivity contribution in [3.63, 3.8) is 0 Å². The van der Waals surface area contributed by atoms with Gasteiger partial charge in [-0.15, -0.1) is 10.2 Å². The Morgan fingerprint density at radius 1 is 0.614 bits per heavy atom. The van der Waals surface area contributed by atoms with Crippen LogP contribution in [0.3, 0.4) is 0 Å². The zero-order valence-corrected chi connectivity index (χ0v) is 38.2. The summed E-state index contributed by atoms with van der Waals surface area (Å²) in [7, 11) is 3.24. The molecule has 5 aromatic carbocycles. The van der Waals surface area contributed by atoms with Gasteiger partial charge in [-0.25, -0.2) is 24.7 Å². The second kappa shape index (κ2) is 20.1. The highest BCUT2D eigenvalue weighted by atomic mass is 16.6. The average Bonchev–Trinajstić information content (AvgIpc) is 3.96. The predicted molar refractivity (Wildman–Crippen MR) is 262 cm³/mol. The molecule has 0 aliphatic carbocycles. The van der Waals surface area contributed by atoms with Gasteiger partial charge in [0.2, 0.25) is 23.7 Å². The van der Waals surface area contributed by atoms with Crippen LogP contribution in [0.1, 0.15) is 5.56 Å². The van der Waals surface area contributed by atoms with E-state index in [1.807, 2.05) is 127 Å². The van der Waals surface area contributed by atoms with E-state index in [4.69, 9.17) is 44.3 Å². The summed E-state index contributed by atoms with van der Waals surface area (Å²) in [5.41, 5.74) is 5.30. The number of methoxy groups -OCH3 is 2. The Morgan fingerprint density at radius 2 is 1.13 bits per heavy atom. The van der Waals surface area contributed by atoms with Crippen molar-refractivity contribution in [2.75, 3.05) is 64.1 Å². The van der Waals surface area contributed by atoms with E-state index >= 15 is 0 Å². The van der Waals surface area contributed by atoms with Crippen LogP contribution in [0.25, 0.3) is 55.9 Å². The van der Waals surface area contributed by atoms with Crippen molar-refractivity contribution in [3.8, 4) is 34.3 Å². The molecular formula is C50H48N14O6. The molecule has 2 fully saturated rings. The number of benzene rings is 5. The van der Waals surface area contributed by atoms with E-state index in [2.05, 4.69) is 26.6 Å². The van der Waals surface area contributed by atoms with Crippen molar-refractivity contribution < 1.29 is 28.6 Å². The Morgan fingerprint density at radius 3 is 1.70 bits per heavy atom. The second-order valence-electron chi connectivity index (χ2n) is 16.4. The van der Waals surface area contributed by atoms with Crippen LogP contribution in [0.2, 0.25) is 0 Å². The van der Waals surface area contributed by atoms with Gasteiger partial charge < -0.3 is 45.7 Å². The molecule has 0 bridgehead atoms. The molecule has 3 amide bonds. The second-order valence-corrected chi connectivity index (χ2v) is 16.4. The zero-order valence-electron chi connectivity index (χ0n) is 38.2. The minimum Gasteiger partial charge on any atom is -0.497 e. The van der Waals surface area contributed by atoms with Crippen LogP contribution in [0, 0.1) is 0 Å². The molecule has 2 aliphatic heterocycles. The molecule has 4 aromatic heterocycles. The van der Waals surface area contributed by atoms with Crippen LogP contribution in [-0.4, -0.2) is 128 Å². The summed E-state index contributed by atoms with van der Waals surface area (Å²) in [6.45, 7) is 2.71. The largest absolute Gasteiger partial charge is 0.497 e. The summed E-state index contributed by atoms with van der Waals surface area (Å²) in [6, 6.07) is 38.6. The van der Waals surface area contributed by atoms with Gasteiger partial charge in [0, 0.05) is 54.6 Å². The predicted octanol–water partition coefficient (Wildman–Crippen LogP) is 4.96. The van der Waals surface area contributed by atoms with Crippen molar-refractivity contribution in [3.05, 3.63) is 133 Å². The Kier molecular flexibility index (Phi) is 12.9. The summed E-state index contributed by atoms with van der Waals surface area (Å²) in [6.07, 6.45) is -0.494. The lowest BCUT2D eigenvalue weighted by Gasteiger charge is -2.23. The number of hydrogen-bond donors (Lipinski definition) is 5. The Bertz CT molecular complexity index is 3330. The summed E-state index contributed by atoms with van der Waals surface area (Å²) in [5, 5.41) is 26.6. The van der Waals surface area contributed by atoms with Crippen molar-refractivity contribution in [1.29, 1.82) is 0 Å². The number of carbonyl (C=O) groups excluding carboxylic acids is 3. The third-order valence-corrected chi connectivity index (χ3v) is 11.8. The lowest BCUT2D eigenvalue weighted by atomic mass is 10.2. The maximum Gasteiger partial charge on any atom is 0.410 e. The summed E-state index contributed by atoms with van der Waals surface area (Å²) in [5.74, 6) is 3.05. The number of para-hydroxylation sites is 2. The van der Waals surface area contributed by atoms with E-state index in [-0.39, 0.29) is 25.0 Å². The highest BCUT2D eigenvalue weighted by Gasteiger charge is 2.30. The topological polar surface area (TPSA) is 228 Å². The monoisotopic (exact) mass is 940 g/mol. The molecular weight excluding hydrogens is 893 g/mol. The van der Waals surface area contributed by atoms with E-state index < -0.39 is 18.2 Å². The van der Waals surface area contributed by atoms with Crippen molar-refractivity contribution >= 4 is 62.9 Å². The summed E-state index contributed by atoms with van der Waals surface area (Å²) in [4.78, 5) is 58.9. The first-order valence-corrected chi connectivity index (χ1v) is 22.7. The number of ether oxygens (including phenoxy) is 3. The minimum atomic E-state index is -0.794. The first-order chi connectivity index (χ1) is 34.3. The highest BCUT2D eigenvalue weighted by Crippen LogP contribution is 2.28. The molecule has 11 rings (SSSR count). The number of nitrogens with one attached hydrogen (secondary N) is 5. The molecule has 20 nitrogen and oxygen atoms in total. The summed E-state index contributed by atoms with van der Waals surface area (Å²) < 4.78 is 19.3. The molecule has 2 unspecified atom stereocenters. The fourth-order valence-corrected chi connectivity index (χ4v) is 8.11. The number of anilines is 2. The number of fused-ring (bicyclic) bond motifs is 6. The fraction of sp³-hybridized carbons (Fsp3) is 0.220. The number of aromatic nitrogens is 8.